The van der Waals surface area contributed by atoms with Crippen molar-refractivity contribution in [2.75, 3.05) is 0 Å². The van der Waals surface area contributed by atoms with E-state index in [0.717, 1.165) is 10.6 Å². The van der Waals surface area contributed by atoms with Crippen LogP contribution in [-0.2, 0) is 0 Å². The minimum absolute atomic E-state index is 0.461. The van der Waals surface area contributed by atoms with Gasteiger partial charge < -0.3 is 5.11 Å². The van der Waals surface area contributed by atoms with Crippen LogP contribution in [0.3, 0.4) is 0 Å². The molecule has 0 bridgehead atoms. The van der Waals surface area contributed by atoms with Gasteiger partial charge in [0, 0.05) is 11.1 Å². The van der Waals surface area contributed by atoms with Gasteiger partial charge in [-0.2, -0.15) is 0 Å². The standard InChI is InChI=1S/C15H17NOS/c1-10-4-5-11(2)14(8-10)18-15-7-6-13(9-16-15)12(3)17/h4-9,12,17H,1-3H3. The van der Waals surface area contributed by atoms with Crippen molar-refractivity contribution in [3.8, 4) is 0 Å². The van der Waals surface area contributed by atoms with Gasteiger partial charge in [-0.05, 0) is 49.6 Å². The Morgan fingerprint density at radius 2 is 1.94 bits per heavy atom. The van der Waals surface area contributed by atoms with Crippen LogP contribution in [0.25, 0.3) is 0 Å². The predicted molar refractivity (Wildman–Crippen MR) is 74.9 cm³/mol. The van der Waals surface area contributed by atoms with Crippen molar-refractivity contribution < 1.29 is 5.11 Å². The number of aliphatic hydroxyl groups excluding tert-OH is 1. The third-order valence-electron chi connectivity index (χ3n) is 2.80. The number of hydrogen-bond acceptors (Lipinski definition) is 3. The minimum Gasteiger partial charge on any atom is -0.389 e. The van der Waals surface area contributed by atoms with Crippen LogP contribution in [0.5, 0.6) is 0 Å². The van der Waals surface area contributed by atoms with Gasteiger partial charge in [-0.15, -0.1) is 0 Å². The first-order valence-corrected chi connectivity index (χ1v) is 6.77. The molecule has 0 aliphatic carbocycles. The summed E-state index contributed by atoms with van der Waals surface area (Å²) < 4.78 is 0. The van der Waals surface area contributed by atoms with Crippen LogP contribution in [0, 0.1) is 13.8 Å². The van der Waals surface area contributed by atoms with Crippen molar-refractivity contribution >= 4 is 11.8 Å². The molecule has 94 valence electrons. The second-order valence-corrected chi connectivity index (χ2v) is 5.54. The Kier molecular flexibility index (Phi) is 4.04. The second kappa shape index (κ2) is 5.55. The molecule has 1 aromatic heterocycles. The van der Waals surface area contributed by atoms with Crippen molar-refractivity contribution in [2.45, 2.75) is 36.8 Å². The Hall–Kier alpha value is -1.32. The number of benzene rings is 1. The van der Waals surface area contributed by atoms with Gasteiger partial charge in [0.25, 0.3) is 0 Å². The molecule has 0 amide bonds. The molecule has 1 aromatic carbocycles. The lowest BCUT2D eigenvalue weighted by molar-refractivity contribution is 0.198. The van der Waals surface area contributed by atoms with E-state index in [1.54, 1.807) is 24.9 Å². The maximum Gasteiger partial charge on any atom is 0.101 e. The van der Waals surface area contributed by atoms with Crippen LogP contribution in [0.15, 0.2) is 46.5 Å². The smallest absolute Gasteiger partial charge is 0.101 e. The summed E-state index contributed by atoms with van der Waals surface area (Å²) in [6.45, 7) is 5.94. The van der Waals surface area contributed by atoms with Gasteiger partial charge in [0.05, 0.1) is 6.10 Å². The first-order chi connectivity index (χ1) is 8.56. The molecule has 0 fully saturated rings. The Bertz CT molecular complexity index is 535. The van der Waals surface area contributed by atoms with E-state index in [1.165, 1.54) is 16.0 Å². The van der Waals surface area contributed by atoms with Crippen molar-refractivity contribution in [3.63, 3.8) is 0 Å². The molecule has 1 N–H and O–H groups in total. The summed E-state index contributed by atoms with van der Waals surface area (Å²) in [6.07, 6.45) is 1.27. The van der Waals surface area contributed by atoms with E-state index in [0.29, 0.717) is 0 Å². The molecule has 1 unspecified atom stereocenters. The number of aryl methyl sites for hydroxylation is 2. The monoisotopic (exact) mass is 259 g/mol. The average molecular weight is 259 g/mol. The molecule has 0 aliphatic rings. The minimum atomic E-state index is -0.461. The van der Waals surface area contributed by atoms with E-state index >= 15 is 0 Å². The molecule has 0 saturated heterocycles. The number of nitrogens with zero attached hydrogens (tertiary/aromatic N) is 1. The quantitative estimate of drug-likeness (QED) is 0.907. The average Bonchev–Trinajstić information content (AvgIpc) is 2.34. The Morgan fingerprint density at radius 3 is 2.56 bits per heavy atom. The molecule has 0 aliphatic heterocycles. The zero-order chi connectivity index (χ0) is 13.1. The van der Waals surface area contributed by atoms with E-state index < -0.39 is 6.10 Å². The summed E-state index contributed by atoms with van der Waals surface area (Å²) in [5.74, 6) is 0. The molecule has 2 nitrogen and oxygen atoms in total. The fourth-order valence-electron chi connectivity index (χ4n) is 1.63. The number of pyridine rings is 1. The predicted octanol–water partition coefficient (Wildman–Crippen LogP) is 3.90. The SMILES string of the molecule is Cc1ccc(C)c(Sc2ccc(C(C)O)cn2)c1. The highest BCUT2D eigenvalue weighted by atomic mass is 32.2. The van der Waals surface area contributed by atoms with Crippen molar-refractivity contribution in [1.29, 1.82) is 0 Å². The lowest BCUT2D eigenvalue weighted by Gasteiger charge is -2.08. The van der Waals surface area contributed by atoms with Crippen molar-refractivity contribution in [2.24, 2.45) is 0 Å². The number of hydrogen-bond donors (Lipinski definition) is 1. The Labute approximate surface area is 112 Å². The van der Waals surface area contributed by atoms with E-state index in [4.69, 9.17) is 0 Å². The van der Waals surface area contributed by atoms with Gasteiger partial charge in [0.2, 0.25) is 0 Å². The van der Waals surface area contributed by atoms with Crippen molar-refractivity contribution in [3.05, 3.63) is 53.2 Å². The highest BCUT2D eigenvalue weighted by Crippen LogP contribution is 2.30. The zero-order valence-electron chi connectivity index (χ0n) is 10.8. The van der Waals surface area contributed by atoms with Gasteiger partial charge in [0.15, 0.2) is 0 Å². The summed E-state index contributed by atoms with van der Waals surface area (Å²) in [5, 5.41) is 10.4. The molecular formula is C15H17NOS. The number of aromatic nitrogens is 1. The van der Waals surface area contributed by atoms with Crippen LogP contribution in [0.2, 0.25) is 0 Å². The normalized spacial score (nSPS) is 12.4. The van der Waals surface area contributed by atoms with Crippen LogP contribution < -0.4 is 0 Å². The lowest BCUT2D eigenvalue weighted by Crippen LogP contribution is -1.92. The number of aliphatic hydroxyl groups is 1. The van der Waals surface area contributed by atoms with E-state index in [1.807, 2.05) is 12.1 Å². The Balaban J connectivity index is 2.21. The fourth-order valence-corrected chi connectivity index (χ4v) is 2.57. The van der Waals surface area contributed by atoms with Crippen molar-refractivity contribution in [1.82, 2.24) is 4.98 Å². The highest BCUT2D eigenvalue weighted by molar-refractivity contribution is 7.99. The molecular weight excluding hydrogens is 242 g/mol. The maximum atomic E-state index is 9.44. The Morgan fingerprint density at radius 1 is 1.17 bits per heavy atom. The first-order valence-electron chi connectivity index (χ1n) is 5.95. The van der Waals surface area contributed by atoms with E-state index in [2.05, 4.69) is 37.0 Å². The molecule has 0 spiro atoms. The van der Waals surface area contributed by atoms with Crippen LogP contribution in [0.1, 0.15) is 29.7 Å². The fraction of sp³-hybridized carbons (Fsp3) is 0.267. The highest BCUT2D eigenvalue weighted by Gasteiger charge is 2.05. The first kappa shape index (κ1) is 13.1. The molecule has 2 rings (SSSR count). The van der Waals surface area contributed by atoms with Crippen LogP contribution in [0.4, 0.5) is 0 Å². The molecule has 0 saturated carbocycles. The van der Waals surface area contributed by atoms with Gasteiger partial charge in [-0.3, -0.25) is 0 Å². The van der Waals surface area contributed by atoms with Gasteiger partial charge >= 0.3 is 0 Å². The van der Waals surface area contributed by atoms with Crippen LogP contribution in [-0.4, -0.2) is 10.1 Å². The zero-order valence-corrected chi connectivity index (χ0v) is 11.7. The number of rotatable bonds is 3. The summed E-state index contributed by atoms with van der Waals surface area (Å²) in [4.78, 5) is 5.60. The summed E-state index contributed by atoms with van der Waals surface area (Å²) in [5.41, 5.74) is 3.36. The molecule has 1 heterocycles. The van der Waals surface area contributed by atoms with E-state index in [-0.39, 0.29) is 0 Å². The topological polar surface area (TPSA) is 33.1 Å². The summed E-state index contributed by atoms with van der Waals surface area (Å²) in [6, 6.07) is 10.3. The molecule has 2 aromatic rings. The van der Waals surface area contributed by atoms with Gasteiger partial charge in [-0.1, -0.05) is 30.0 Å². The summed E-state index contributed by atoms with van der Waals surface area (Å²) >= 11 is 1.66. The van der Waals surface area contributed by atoms with Crippen LogP contribution >= 0.6 is 11.8 Å². The third-order valence-corrected chi connectivity index (χ3v) is 3.91. The van der Waals surface area contributed by atoms with E-state index in [9.17, 15) is 5.11 Å². The summed E-state index contributed by atoms with van der Waals surface area (Å²) in [7, 11) is 0. The lowest BCUT2D eigenvalue weighted by atomic mass is 10.2. The van der Waals surface area contributed by atoms with Gasteiger partial charge in [-0.25, -0.2) is 4.98 Å². The maximum absolute atomic E-state index is 9.44. The molecule has 18 heavy (non-hydrogen) atoms. The largest absolute Gasteiger partial charge is 0.389 e. The molecule has 0 radical (unpaired) electrons. The third kappa shape index (κ3) is 3.12. The second-order valence-electron chi connectivity index (χ2n) is 4.48. The van der Waals surface area contributed by atoms with Gasteiger partial charge in [0.1, 0.15) is 5.03 Å². The molecule has 3 heteroatoms. The molecule has 1 atom stereocenters.